The van der Waals surface area contributed by atoms with Crippen LogP contribution in [0.1, 0.15) is 54.7 Å². The largest absolute Gasteiger partial charge is 0.302 e. The normalized spacial score (nSPS) is 17.1. The first-order valence-electron chi connectivity index (χ1n) is 11.0. The molecule has 1 amide bonds. The molecule has 1 aromatic carbocycles. The molecule has 0 spiro atoms. The Bertz CT molecular complexity index is 1290. The Morgan fingerprint density at radius 1 is 1.21 bits per heavy atom. The van der Waals surface area contributed by atoms with Crippen molar-refractivity contribution in [3.05, 3.63) is 69.4 Å². The third-order valence-electron chi connectivity index (χ3n) is 5.96. The minimum Gasteiger partial charge on any atom is -0.302 e. The number of halogens is 1. The van der Waals surface area contributed by atoms with Gasteiger partial charge in [0.1, 0.15) is 0 Å². The van der Waals surface area contributed by atoms with Gasteiger partial charge < -0.3 is 5.32 Å². The summed E-state index contributed by atoms with van der Waals surface area (Å²) < 4.78 is 23.2. The molecule has 7 nitrogen and oxygen atoms in total. The Balaban J connectivity index is 1.45. The molecule has 3 heterocycles. The van der Waals surface area contributed by atoms with Crippen molar-refractivity contribution in [1.82, 2.24) is 14.9 Å². The van der Waals surface area contributed by atoms with E-state index in [2.05, 4.69) is 36.0 Å². The molecule has 180 valence electrons. The Labute approximate surface area is 209 Å². The summed E-state index contributed by atoms with van der Waals surface area (Å²) in [7, 11) is -3.26. The van der Waals surface area contributed by atoms with Gasteiger partial charge in [0.15, 0.2) is 15.0 Å². The van der Waals surface area contributed by atoms with Gasteiger partial charge in [0.25, 0.3) is 0 Å². The molecule has 3 aromatic rings. The van der Waals surface area contributed by atoms with Crippen LogP contribution in [-0.4, -0.2) is 35.4 Å². The first-order chi connectivity index (χ1) is 16.0. The Morgan fingerprint density at radius 2 is 1.91 bits per heavy atom. The number of sulfone groups is 1. The third-order valence-corrected chi connectivity index (χ3v) is 8.28. The predicted molar refractivity (Wildman–Crippen MR) is 135 cm³/mol. The number of benzene rings is 1. The summed E-state index contributed by atoms with van der Waals surface area (Å²) in [5.41, 5.74) is 2.71. The average molecular weight is 519 g/mol. The predicted octanol–water partition coefficient (Wildman–Crippen LogP) is 5.05. The Kier molecular flexibility index (Phi) is 7.09. The van der Waals surface area contributed by atoms with E-state index in [1.807, 2.05) is 12.1 Å². The van der Waals surface area contributed by atoms with Crippen molar-refractivity contribution in [2.75, 3.05) is 11.6 Å². The van der Waals surface area contributed by atoms with E-state index in [1.54, 1.807) is 18.3 Å². The van der Waals surface area contributed by atoms with Gasteiger partial charge in [-0.05, 0) is 42.7 Å². The minimum absolute atomic E-state index is 0.0963. The van der Waals surface area contributed by atoms with E-state index in [1.165, 1.54) is 23.5 Å². The third kappa shape index (κ3) is 5.33. The lowest BCUT2D eigenvalue weighted by Crippen LogP contribution is -2.29. The molecule has 34 heavy (non-hydrogen) atoms. The lowest BCUT2D eigenvalue weighted by Gasteiger charge is -2.32. The van der Waals surface area contributed by atoms with E-state index in [0.717, 1.165) is 34.6 Å². The molecule has 10 heteroatoms. The summed E-state index contributed by atoms with van der Waals surface area (Å²) in [4.78, 5) is 25.7. The van der Waals surface area contributed by atoms with Gasteiger partial charge in [0.05, 0.1) is 39.8 Å². The molecule has 0 bridgehead atoms. The first-order valence-corrected chi connectivity index (χ1v) is 14.1. The number of carbonyl (C=O) groups excluding carboxylic acids is 1. The van der Waals surface area contributed by atoms with Gasteiger partial charge in [-0.15, -0.1) is 11.3 Å². The maximum absolute atomic E-state index is 12.6. The number of nitrogens with zero attached hydrogens (tertiary/aromatic N) is 3. The fourth-order valence-electron chi connectivity index (χ4n) is 4.27. The van der Waals surface area contributed by atoms with Crippen LogP contribution in [0.4, 0.5) is 5.13 Å². The van der Waals surface area contributed by atoms with Crippen LogP contribution in [0.5, 0.6) is 0 Å². The van der Waals surface area contributed by atoms with Crippen LogP contribution in [0.3, 0.4) is 0 Å². The lowest BCUT2D eigenvalue weighted by atomic mass is 10.00. The van der Waals surface area contributed by atoms with Crippen LogP contribution in [0.15, 0.2) is 47.5 Å². The van der Waals surface area contributed by atoms with Gasteiger partial charge in [0.2, 0.25) is 5.91 Å². The van der Waals surface area contributed by atoms with E-state index in [0.29, 0.717) is 16.1 Å². The lowest BCUT2D eigenvalue weighted by molar-refractivity contribution is -0.115. The highest BCUT2D eigenvalue weighted by Crippen LogP contribution is 2.46. The zero-order valence-corrected chi connectivity index (χ0v) is 21.8. The number of pyridine rings is 1. The molecule has 1 aliphatic heterocycles. The van der Waals surface area contributed by atoms with Gasteiger partial charge in [0, 0.05) is 23.9 Å². The van der Waals surface area contributed by atoms with Crippen LogP contribution < -0.4 is 5.32 Å². The van der Waals surface area contributed by atoms with Gasteiger partial charge in [-0.3, -0.25) is 14.7 Å². The van der Waals surface area contributed by atoms with Crippen molar-refractivity contribution >= 4 is 43.8 Å². The number of thiazole rings is 1. The van der Waals surface area contributed by atoms with Crippen molar-refractivity contribution in [3.8, 4) is 0 Å². The molecular formula is C24H27ClN4O3S2. The van der Waals surface area contributed by atoms with E-state index < -0.39 is 9.84 Å². The summed E-state index contributed by atoms with van der Waals surface area (Å²) in [5, 5.41) is 4.12. The van der Waals surface area contributed by atoms with Crippen molar-refractivity contribution in [3.63, 3.8) is 0 Å². The van der Waals surface area contributed by atoms with Gasteiger partial charge in [-0.25, -0.2) is 13.4 Å². The molecule has 0 aliphatic carbocycles. The second-order valence-corrected chi connectivity index (χ2v) is 12.4. The molecule has 0 saturated carbocycles. The van der Waals surface area contributed by atoms with Crippen LogP contribution in [0, 0.1) is 5.92 Å². The zero-order valence-electron chi connectivity index (χ0n) is 19.4. The van der Waals surface area contributed by atoms with Crippen molar-refractivity contribution in [1.29, 1.82) is 0 Å². The fourth-order valence-corrected chi connectivity index (χ4v) is 6.04. The van der Waals surface area contributed by atoms with Crippen LogP contribution in [-0.2, 0) is 27.6 Å². The maximum Gasteiger partial charge on any atom is 0.230 e. The average Bonchev–Trinajstić information content (AvgIpc) is 3.30. The number of anilines is 1. The summed E-state index contributed by atoms with van der Waals surface area (Å²) in [6, 6.07) is 10.4. The molecule has 0 radical (unpaired) electrons. The Hall–Kier alpha value is -2.33. The number of hydrogen-bond acceptors (Lipinski definition) is 7. The molecule has 1 aliphatic rings. The number of aromatic nitrogens is 2. The van der Waals surface area contributed by atoms with Gasteiger partial charge in [-0.2, -0.15) is 0 Å². The van der Waals surface area contributed by atoms with Crippen molar-refractivity contribution < 1.29 is 13.2 Å². The molecule has 1 N–H and O–H groups in total. The first kappa shape index (κ1) is 24.8. The summed E-state index contributed by atoms with van der Waals surface area (Å²) in [6.45, 7) is 7.23. The number of rotatable bonds is 7. The summed E-state index contributed by atoms with van der Waals surface area (Å²) >= 11 is 7.50. The van der Waals surface area contributed by atoms with E-state index in [4.69, 9.17) is 16.6 Å². The molecular weight excluding hydrogens is 492 g/mol. The number of amides is 1. The number of hydrogen-bond donors (Lipinski definition) is 1. The molecule has 0 unspecified atom stereocenters. The van der Waals surface area contributed by atoms with E-state index >= 15 is 0 Å². The van der Waals surface area contributed by atoms with Crippen LogP contribution >= 0.6 is 22.9 Å². The van der Waals surface area contributed by atoms with E-state index in [-0.39, 0.29) is 29.3 Å². The second-order valence-electron chi connectivity index (χ2n) is 8.91. The highest BCUT2D eigenvalue weighted by atomic mass is 35.5. The number of fused-ring (bicyclic) bond motifs is 1. The fraction of sp³-hybridized carbons (Fsp3) is 0.375. The summed E-state index contributed by atoms with van der Waals surface area (Å²) in [5.74, 6) is 0.145. The molecule has 0 fully saturated rings. The summed E-state index contributed by atoms with van der Waals surface area (Å²) in [6.07, 6.45) is 2.98. The van der Waals surface area contributed by atoms with Gasteiger partial charge in [-0.1, -0.05) is 37.6 Å². The second kappa shape index (κ2) is 9.73. The molecule has 4 rings (SSSR count). The molecule has 2 aromatic heterocycles. The SMILES string of the molecule is CC(C)[C@H]1c2nc(NC(=O)Cc3ccc(S(C)(=O)=O)cc3)sc2CN1[C@H](C)c1ccc(Cl)cn1. The topological polar surface area (TPSA) is 92.3 Å². The number of nitrogens with one attached hydrogen (secondary N) is 1. The van der Waals surface area contributed by atoms with Crippen molar-refractivity contribution in [2.24, 2.45) is 5.92 Å². The van der Waals surface area contributed by atoms with E-state index in [9.17, 15) is 13.2 Å². The zero-order chi connectivity index (χ0) is 24.6. The number of carbonyl (C=O) groups is 1. The Morgan fingerprint density at radius 3 is 2.50 bits per heavy atom. The maximum atomic E-state index is 12.6. The molecule has 2 atom stereocenters. The van der Waals surface area contributed by atoms with Crippen molar-refractivity contribution in [2.45, 2.75) is 50.7 Å². The monoisotopic (exact) mass is 518 g/mol. The molecule has 0 saturated heterocycles. The van der Waals surface area contributed by atoms with Gasteiger partial charge >= 0.3 is 0 Å². The quantitative estimate of drug-likeness (QED) is 0.470. The standard InChI is InChI=1S/C24H27ClN4O3S2/c1-14(2)23-22-20(13-29(23)15(3)19-10-7-17(25)12-26-19)33-24(28-22)27-21(30)11-16-5-8-18(9-6-16)34(4,31)32/h5-10,12,14-15,23H,11,13H2,1-4H3,(H,27,28,30)/t15-,23+/m1/s1. The highest BCUT2D eigenvalue weighted by molar-refractivity contribution is 7.90. The van der Waals surface area contributed by atoms with Crippen LogP contribution in [0.25, 0.3) is 0 Å². The minimum atomic E-state index is -3.26. The smallest absolute Gasteiger partial charge is 0.230 e. The highest BCUT2D eigenvalue weighted by Gasteiger charge is 2.39. The van der Waals surface area contributed by atoms with Crippen LogP contribution in [0.2, 0.25) is 5.02 Å².